The Morgan fingerprint density at radius 2 is 1.85 bits per heavy atom. The molecule has 0 unspecified atom stereocenters. The zero-order chi connectivity index (χ0) is 14.3. The van der Waals surface area contributed by atoms with Crippen LogP contribution in [0.3, 0.4) is 0 Å². The molecular formula is C15H10F2N2O. The number of anilines is 1. The monoisotopic (exact) mass is 272 g/mol. The fourth-order valence-electron chi connectivity index (χ4n) is 2.19. The maximum Gasteiger partial charge on any atom is 0.195 e. The standard InChI is InChI=1S/C15H10F2N2O/c16-9-1-2-12-13(7-19-14(12)6-9)15(20)8-3-10(17)5-11(18)4-8/h1-7,19H,18H2. The second kappa shape index (κ2) is 4.45. The molecule has 0 atom stereocenters. The highest BCUT2D eigenvalue weighted by atomic mass is 19.1. The van der Waals surface area contributed by atoms with E-state index in [1.54, 1.807) is 0 Å². The molecule has 3 aromatic rings. The van der Waals surface area contributed by atoms with Crippen LogP contribution in [0.1, 0.15) is 15.9 Å². The number of ketones is 1. The maximum absolute atomic E-state index is 13.3. The molecule has 1 heterocycles. The topological polar surface area (TPSA) is 58.9 Å². The molecule has 20 heavy (non-hydrogen) atoms. The molecule has 0 fully saturated rings. The van der Waals surface area contributed by atoms with Crippen LogP contribution in [-0.4, -0.2) is 10.8 Å². The second-order valence-corrected chi connectivity index (χ2v) is 4.49. The lowest BCUT2D eigenvalue weighted by atomic mass is 10.0. The summed E-state index contributed by atoms with van der Waals surface area (Å²) in [4.78, 5) is 15.2. The summed E-state index contributed by atoms with van der Waals surface area (Å²) in [5, 5.41) is 0.583. The van der Waals surface area contributed by atoms with Crippen LogP contribution < -0.4 is 5.73 Å². The molecule has 3 nitrogen and oxygen atoms in total. The molecule has 5 heteroatoms. The van der Waals surface area contributed by atoms with Crippen LogP contribution in [0.5, 0.6) is 0 Å². The lowest BCUT2D eigenvalue weighted by molar-refractivity contribution is 0.104. The average Bonchev–Trinajstić information content (AvgIpc) is 2.79. The van der Waals surface area contributed by atoms with Gasteiger partial charge in [0.05, 0.1) is 0 Å². The highest BCUT2D eigenvalue weighted by Crippen LogP contribution is 2.23. The Labute approximate surface area is 113 Å². The summed E-state index contributed by atoms with van der Waals surface area (Å²) in [6.45, 7) is 0. The smallest absolute Gasteiger partial charge is 0.195 e. The van der Waals surface area contributed by atoms with Gasteiger partial charge in [-0.05, 0) is 36.4 Å². The largest absolute Gasteiger partial charge is 0.399 e. The molecule has 0 saturated heterocycles. The number of aromatic amines is 1. The van der Waals surface area contributed by atoms with E-state index in [4.69, 9.17) is 5.73 Å². The van der Waals surface area contributed by atoms with Crippen molar-refractivity contribution in [3.8, 4) is 0 Å². The summed E-state index contributed by atoms with van der Waals surface area (Å²) in [5.74, 6) is -1.33. The fourth-order valence-corrected chi connectivity index (χ4v) is 2.19. The first-order valence-corrected chi connectivity index (χ1v) is 5.92. The lowest BCUT2D eigenvalue weighted by Gasteiger charge is -2.02. The third kappa shape index (κ3) is 2.03. The molecule has 0 aliphatic heterocycles. The van der Waals surface area contributed by atoms with Crippen molar-refractivity contribution in [3.63, 3.8) is 0 Å². The van der Waals surface area contributed by atoms with Gasteiger partial charge in [-0.25, -0.2) is 8.78 Å². The van der Waals surface area contributed by atoms with Crippen LogP contribution in [0.4, 0.5) is 14.5 Å². The van der Waals surface area contributed by atoms with Crippen molar-refractivity contribution < 1.29 is 13.6 Å². The van der Waals surface area contributed by atoms with E-state index >= 15 is 0 Å². The van der Waals surface area contributed by atoms with Crippen LogP contribution in [0, 0.1) is 11.6 Å². The van der Waals surface area contributed by atoms with Gasteiger partial charge >= 0.3 is 0 Å². The SMILES string of the molecule is Nc1cc(F)cc(C(=O)c2c[nH]c3cc(F)ccc23)c1. The Hall–Kier alpha value is -2.69. The first-order chi connectivity index (χ1) is 9.54. The zero-order valence-electron chi connectivity index (χ0n) is 10.3. The predicted molar refractivity (Wildman–Crippen MR) is 72.5 cm³/mol. The minimum atomic E-state index is -0.570. The number of nitrogens with two attached hydrogens (primary N) is 1. The van der Waals surface area contributed by atoms with Crippen molar-refractivity contribution in [3.05, 3.63) is 65.4 Å². The van der Waals surface area contributed by atoms with Gasteiger partial charge in [0.2, 0.25) is 0 Å². The third-order valence-corrected chi connectivity index (χ3v) is 3.07. The molecule has 100 valence electrons. The number of H-pyrrole nitrogens is 1. The minimum Gasteiger partial charge on any atom is -0.399 e. The van der Waals surface area contributed by atoms with Crippen molar-refractivity contribution in [1.82, 2.24) is 4.98 Å². The summed E-state index contributed by atoms with van der Waals surface area (Å²) >= 11 is 0. The number of rotatable bonds is 2. The first-order valence-electron chi connectivity index (χ1n) is 5.92. The van der Waals surface area contributed by atoms with E-state index < -0.39 is 11.6 Å². The molecule has 3 N–H and O–H groups in total. The van der Waals surface area contributed by atoms with Crippen molar-refractivity contribution in [2.45, 2.75) is 0 Å². The van der Waals surface area contributed by atoms with E-state index in [9.17, 15) is 13.6 Å². The van der Waals surface area contributed by atoms with Gasteiger partial charge < -0.3 is 10.7 Å². The Balaban J connectivity index is 2.12. The fraction of sp³-hybridized carbons (Fsp3) is 0. The lowest BCUT2D eigenvalue weighted by Crippen LogP contribution is -2.02. The number of halogens is 2. The molecule has 0 aliphatic rings. The summed E-state index contributed by atoms with van der Waals surface area (Å²) in [6.07, 6.45) is 1.48. The van der Waals surface area contributed by atoms with E-state index in [2.05, 4.69) is 4.98 Å². The molecule has 0 spiro atoms. The number of aromatic nitrogens is 1. The van der Waals surface area contributed by atoms with Crippen molar-refractivity contribution in [2.24, 2.45) is 0 Å². The van der Waals surface area contributed by atoms with Gasteiger partial charge in [0.25, 0.3) is 0 Å². The molecule has 0 saturated carbocycles. The van der Waals surface area contributed by atoms with Gasteiger partial charge in [-0.3, -0.25) is 4.79 Å². The number of hydrogen-bond acceptors (Lipinski definition) is 2. The normalized spacial score (nSPS) is 10.9. The van der Waals surface area contributed by atoms with Crippen LogP contribution in [0.2, 0.25) is 0 Å². The second-order valence-electron chi connectivity index (χ2n) is 4.49. The van der Waals surface area contributed by atoms with E-state index in [1.165, 1.54) is 30.5 Å². The quantitative estimate of drug-likeness (QED) is 0.555. The Bertz CT molecular complexity index is 804. The van der Waals surface area contributed by atoms with Crippen molar-refractivity contribution in [2.75, 3.05) is 5.73 Å². The van der Waals surface area contributed by atoms with Crippen LogP contribution in [-0.2, 0) is 0 Å². The number of hydrogen-bond donors (Lipinski definition) is 2. The van der Waals surface area contributed by atoms with E-state index in [0.717, 1.165) is 12.1 Å². The summed E-state index contributed by atoms with van der Waals surface area (Å²) in [6, 6.07) is 7.76. The van der Waals surface area contributed by atoms with Gasteiger partial charge in [0, 0.05) is 33.9 Å². The van der Waals surface area contributed by atoms with Crippen LogP contribution in [0.15, 0.2) is 42.6 Å². The Kier molecular flexibility index (Phi) is 2.75. The highest BCUT2D eigenvalue weighted by molar-refractivity contribution is 6.16. The number of carbonyl (C=O) groups is 1. The zero-order valence-corrected chi connectivity index (χ0v) is 10.3. The third-order valence-electron chi connectivity index (χ3n) is 3.07. The van der Waals surface area contributed by atoms with Crippen molar-refractivity contribution >= 4 is 22.4 Å². The molecule has 0 bridgehead atoms. The molecule has 1 aromatic heterocycles. The number of fused-ring (bicyclic) bond motifs is 1. The van der Waals surface area contributed by atoms with Crippen LogP contribution in [0.25, 0.3) is 10.9 Å². The number of benzene rings is 2. The summed E-state index contributed by atoms with van der Waals surface area (Å²) < 4.78 is 26.4. The number of nitrogen functional groups attached to an aromatic ring is 1. The van der Waals surface area contributed by atoms with E-state index in [1.807, 2.05) is 0 Å². The first kappa shape index (κ1) is 12.3. The molecule has 0 radical (unpaired) electrons. The molecule has 3 rings (SSSR count). The van der Waals surface area contributed by atoms with Crippen LogP contribution >= 0.6 is 0 Å². The predicted octanol–water partition coefficient (Wildman–Crippen LogP) is 3.26. The van der Waals surface area contributed by atoms with Gasteiger partial charge in [-0.1, -0.05) is 0 Å². The number of nitrogens with one attached hydrogen (secondary N) is 1. The van der Waals surface area contributed by atoms with Gasteiger partial charge in [-0.15, -0.1) is 0 Å². The Morgan fingerprint density at radius 1 is 1.05 bits per heavy atom. The van der Waals surface area contributed by atoms with E-state index in [-0.39, 0.29) is 17.0 Å². The van der Waals surface area contributed by atoms with Gasteiger partial charge in [-0.2, -0.15) is 0 Å². The van der Waals surface area contributed by atoms with Gasteiger partial charge in [0.15, 0.2) is 5.78 Å². The number of carbonyl (C=O) groups excluding carboxylic acids is 1. The molecule has 0 aliphatic carbocycles. The Morgan fingerprint density at radius 3 is 2.60 bits per heavy atom. The molecule has 2 aromatic carbocycles. The average molecular weight is 272 g/mol. The highest BCUT2D eigenvalue weighted by Gasteiger charge is 2.15. The molecule has 0 amide bonds. The maximum atomic E-state index is 13.3. The minimum absolute atomic E-state index is 0.160. The summed E-state index contributed by atoms with van der Waals surface area (Å²) in [5.41, 5.74) is 6.74. The summed E-state index contributed by atoms with van der Waals surface area (Å²) in [7, 11) is 0. The van der Waals surface area contributed by atoms with Gasteiger partial charge in [0.1, 0.15) is 11.6 Å². The molecular weight excluding hydrogens is 262 g/mol. The van der Waals surface area contributed by atoms with Crippen molar-refractivity contribution in [1.29, 1.82) is 0 Å². The van der Waals surface area contributed by atoms with E-state index in [0.29, 0.717) is 16.5 Å².